The Balaban J connectivity index is 2.22. The van der Waals surface area contributed by atoms with Crippen LogP contribution in [0.1, 0.15) is 71.6 Å². The van der Waals surface area contributed by atoms with Gasteiger partial charge in [0.15, 0.2) is 0 Å². The second kappa shape index (κ2) is 9.74. The summed E-state index contributed by atoms with van der Waals surface area (Å²) < 4.78 is 27.0. The number of hydrogen-bond acceptors (Lipinski definition) is 3. The van der Waals surface area contributed by atoms with E-state index in [0.29, 0.717) is 6.04 Å². The van der Waals surface area contributed by atoms with Crippen molar-refractivity contribution in [2.75, 3.05) is 12.3 Å². The number of sulfonamides is 1. The maximum absolute atomic E-state index is 12.1. The SMILES string of the molecule is CC(C)NCCCCS(=O)(=O)NC1CCCCCCC1. The van der Waals surface area contributed by atoms with Gasteiger partial charge in [0.1, 0.15) is 0 Å². The van der Waals surface area contributed by atoms with E-state index in [9.17, 15) is 8.42 Å². The predicted octanol–water partition coefficient (Wildman–Crippen LogP) is 2.80. The van der Waals surface area contributed by atoms with Gasteiger partial charge in [0.2, 0.25) is 10.0 Å². The van der Waals surface area contributed by atoms with Crippen molar-refractivity contribution in [1.82, 2.24) is 10.0 Å². The molecule has 1 saturated carbocycles. The molecule has 0 aliphatic heterocycles. The molecule has 4 nitrogen and oxygen atoms in total. The Hall–Kier alpha value is -0.130. The molecule has 1 aliphatic rings. The summed E-state index contributed by atoms with van der Waals surface area (Å²) in [5.41, 5.74) is 0. The van der Waals surface area contributed by atoms with Gasteiger partial charge in [-0.25, -0.2) is 13.1 Å². The van der Waals surface area contributed by atoms with Crippen LogP contribution in [0.5, 0.6) is 0 Å². The van der Waals surface area contributed by atoms with E-state index in [0.717, 1.165) is 45.1 Å². The van der Waals surface area contributed by atoms with Gasteiger partial charge >= 0.3 is 0 Å². The maximum atomic E-state index is 12.1. The first-order valence-electron chi connectivity index (χ1n) is 8.23. The van der Waals surface area contributed by atoms with Crippen LogP contribution in [0.2, 0.25) is 0 Å². The fourth-order valence-electron chi connectivity index (χ4n) is 2.69. The summed E-state index contributed by atoms with van der Waals surface area (Å²) >= 11 is 0. The van der Waals surface area contributed by atoms with Crippen LogP contribution in [0.15, 0.2) is 0 Å². The van der Waals surface area contributed by atoms with Crippen LogP contribution in [-0.4, -0.2) is 32.8 Å². The van der Waals surface area contributed by atoms with Crippen molar-refractivity contribution in [3.8, 4) is 0 Å². The second-order valence-electron chi connectivity index (χ2n) is 6.29. The average molecular weight is 305 g/mol. The predicted molar refractivity (Wildman–Crippen MR) is 85.4 cm³/mol. The van der Waals surface area contributed by atoms with Crippen molar-refractivity contribution < 1.29 is 8.42 Å². The molecule has 120 valence electrons. The third-order valence-electron chi connectivity index (χ3n) is 3.84. The normalized spacial score (nSPS) is 18.9. The highest BCUT2D eigenvalue weighted by Gasteiger charge is 2.18. The van der Waals surface area contributed by atoms with E-state index in [1.54, 1.807) is 0 Å². The summed E-state index contributed by atoms with van der Waals surface area (Å²) in [5, 5.41) is 3.31. The Bertz CT molecular complexity index is 334. The molecule has 5 heteroatoms. The fraction of sp³-hybridized carbons (Fsp3) is 1.00. The molecule has 0 aromatic rings. The van der Waals surface area contributed by atoms with Crippen molar-refractivity contribution in [2.45, 2.75) is 83.7 Å². The molecule has 0 saturated heterocycles. The van der Waals surface area contributed by atoms with E-state index in [4.69, 9.17) is 0 Å². The monoisotopic (exact) mass is 304 g/mol. The summed E-state index contributed by atoms with van der Waals surface area (Å²) in [6.45, 7) is 5.11. The molecule has 1 aliphatic carbocycles. The number of unbranched alkanes of at least 4 members (excludes halogenated alkanes) is 1. The molecule has 0 aromatic carbocycles. The van der Waals surface area contributed by atoms with Crippen LogP contribution in [0.4, 0.5) is 0 Å². The Labute approximate surface area is 125 Å². The van der Waals surface area contributed by atoms with Crippen LogP contribution in [-0.2, 0) is 10.0 Å². The summed E-state index contributed by atoms with van der Waals surface area (Å²) in [5.74, 6) is 0.267. The molecule has 0 radical (unpaired) electrons. The van der Waals surface area contributed by atoms with E-state index >= 15 is 0 Å². The standard InChI is InChI=1S/C15H32N2O2S/c1-14(2)16-12-8-9-13-20(18,19)17-15-10-6-4-3-5-7-11-15/h14-17H,3-13H2,1-2H3. The van der Waals surface area contributed by atoms with E-state index in [-0.39, 0.29) is 11.8 Å². The topological polar surface area (TPSA) is 58.2 Å². The Morgan fingerprint density at radius 3 is 2.20 bits per heavy atom. The molecule has 0 unspecified atom stereocenters. The highest BCUT2D eigenvalue weighted by molar-refractivity contribution is 7.89. The van der Waals surface area contributed by atoms with E-state index in [1.807, 2.05) is 0 Å². The average Bonchev–Trinajstić information content (AvgIpc) is 2.31. The zero-order chi connectivity index (χ0) is 14.8. The zero-order valence-corrected chi connectivity index (χ0v) is 14.0. The van der Waals surface area contributed by atoms with Gasteiger partial charge in [-0.05, 0) is 32.2 Å². The van der Waals surface area contributed by atoms with Crippen LogP contribution in [0.25, 0.3) is 0 Å². The van der Waals surface area contributed by atoms with Crippen molar-refractivity contribution in [1.29, 1.82) is 0 Å². The highest BCUT2D eigenvalue weighted by Crippen LogP contribution is 2.17. The smallest absolute Gasteiger partial charge is 0.211 e. The fourth-order valence-corrected chi connectivity index (χ4v) is 4.14. The van der Waals surface area contributed by atoms with E-state index < -0.39 is 10.0 Å². The lowest BCUT2D eigenvalue weighted by Crippen LogP contribution is -2.37. The molecule has 0 spiro atoms. The Morgan fingerprint density at radius 1 is 1.00 bits per heavy atom. The molecule has 20 heavy (non-hydrogen) atoms. The molecule has 0 heterocycles. The Morgan fingerprint density at radius 2 is 1.60 bits per heavy atom. The minimum atomic E-state index is -3.09. The maximum Gasteiger partial charge on any atom is 0.211 e. The first-order chi connectivity index (χ1) is 9.49. The largest absolute Gasteiger partial charge is 0.315 e. The van der Waals surface area contributed by atoms with Crippen LogP contribution >= 0.6 is 0 Å². The minimum Gasteiger partial charge on any atom is -0.315 e. The van der Waals surface area contributed by atoms with Crippen molar-refractivity contribution in [3.63, 3.8) is 0 Å². The third-order valence-corrected chi connectivity index (χ3v) is 5.36. The van der Waals surface area contributed by atoms with Gasteiger partial charge in [0.25, 0.3) is 0 Å². The lowest BCUT2D eigenvalue weighted by atomic mass is 9.97. The number of hydrogen-bond donors (Lipinski definition) is 2. The summed E-state index contributed by atoms with van der Waals surface area (Å²) in [6, 6.07) is 0.647. The van der Waals surface area contributed by atoms with Crippen LogP contribution < -0.4 is 10.0 Å². The molecular weight excluding hydrogens is 272 g/mol. The van der Waals surface area contributed by atoms with Gasteiger partial charge in [0.05, 0.1) is 5.75 Å². The molecule has 2 N–H and O–H groups in total. The van der Waals surface area contributed by atoms with Crippen LogP contribution in [0.3, 0.4) is 0 Å². The quantitative estimate of drug-likeness (QED) is 0.678. The first-order valence-corrected chi connectivity index (χ1v) is 9.88. The van der Waals surface area contributed by atoms with Gasteiger partial charge in [-0.15, -0.1) is 0 Å². The number of nitrogens with one attached hydrogen (secondary N) is 2. The van der Waals surface area contributed by atoms with E-state index in [2.05, 4.69) is 23.9 Å². The highest BCUT2D eigenvalue weighted by atomic mass is 32.2. The van der Waals surface area contributed by atoms with E-state index in [1.165, 1.54) is 19.3 Å². The molecule has 0 atom stereocenters. The molecule has 1 fully saturated rings. The zero-order valence-electron chi connectivity index (χ0n) is 13.2. The van der Waals surface area contributed by atoms with Crippen molar-refractivity contribution in [3.05, 3.63) is 0 Å². The molecular formula is C15H32N2O2S. The molecule has 1 rings (SSSR count). The minimum absolute atomic E-state index is 0.175. The summed E-state index contributed by atoms with van der Waals surface area (Å²) in [4.78, 5) is 0. The lowest BCUT2D eigenvalue weighted by molar-refractivity contribution is 0.426. The second-order valence-corrected chi connectivity index (χ2v) is 8.17. The van der Waals surface area contributed by atoms with Crippen LogP contribution in [0, 0.1) is 0 Å². The molecule has 0 amide bonds. The van der Waals surface area contributed by atoms with Gasteiger partial charge in [-0.2, -0.15) is 0 Å². The molecule has 0 bridgehead atoms. The summed E-state index contributed by atoms with van der Waals surface area (Å²) in [6.07, 6.45) is 9.80. The van der Waals surface area contributed by atoms with Crippen molar-refractivity contribution >= 4 is 10.0 Å². The third kappa shape index (κ3) is 8.93. The van der Waals surface area contributed by atoms with Gasteiger partial charge in [-0.1, -0.05) is 46.0 Å². The van der Waals surface area contributed by atoms with Gasteiger partial charge < -0.3 is 5.32 Å². The Kier molecular flexibility index (Phi) is 8.73. The summed E-state index contributed by atoms with van der Waals surface area (Å²) in [7, 11) is -3.09. The first kappa shape index (κ1) is 17.9. The molecule has 0 aromatic heterocycles. The lowest BCUT2D eigenvalue weighted by Gasteiger charge is -2.21. The van der Waals surface area contributed by atoms with Crippen molar-refractivity contribution in [2.24, 2.45) is 0 Å². The van der Waals surface area contributed by atoms with Gasteiger partial charge in [0, 0.05) is 12.1 Å². The van der Waals surface area contributed by atoms with Gasteiger partial charge in [-0.3, -0.25) is 0 Å². The number of rotatable bonds is 8.